The quantitative estimate of drug-likeness (QED) is 0.563. The Hall–Kier alpha value is -3.55. The molecule has 0 aliphatic rings. The van der Waals surface area contributed by atoms with Crippen LogP contribution in [0.15, 0.2) is 54.6 Å². The van der Waals surface area contributed by atoms with Crippen LogP contribution in [0.4, 0.5) is 4.79 Å². The van der Waals surface area contributed by atoms with Crippen LogP contribution >= 0.6 is 0 Å². The van der Waals surface area contributed by atoms with Crippen molar-refractivity contribution < 1.29 is 23.9 Å². The van der Waals surface area contributed by atoms with Crippen LogP contribution in [-0.4, -0.2) is 31.1 Å². The van der Waals surface area contributed by atoms with E-state index >= 15 is 0 Å². The van der Waals surface area contributed by atoms with E-state index in [1.165, 1.54) is 0 Å². The number of hydrogen-bond acceptors (Lipinski definition) is 5. The maximum absolute atomic E-state index is 12.6. The number of primary amides is 1. The van der Waals surface area contributed by atoms with Gasteiger partial charge in [-0.05, 0) is 18.1 Å². The number of hydrogen-bond donors (Lipinski definition) is 3. The molecule has 0 heterocycles. The van der Waals surface area contributed by atoms with Crippen LogP contribution in [0.5, 0.6) is 5.75 Å². The van der Waals surface area contributed by atoms with E-state index in [4.69, 9.17) is 15.2 Å². The molecule has 154 valence electrons. The highest BCUT2D eigenvalue weighted by Crippen LogP contribution is 2.16. The van der Waals surface area contributed by atoms with E-state index in [0.717, 1.165) is 11.1 Å². The van der Waals surface area contributed by atoms with Crippen molar-refractivity contribution in [2.75, 3.05) is 7.11 Å². The Balaban J connectivity index is 1.93. The smallest absolute Gasteiger partial charge is 0.408 e. The summed E-state index contributed by atoms with van der Waals surface area (Å²) in [7, 11) is 1.54. The lowest BCUT2D eigenvalue weighted by molar-refractivity contribution is -0.123. The highest BCUT2D eigenvalue weighted by molar-refractivity contribution is 5.86. The number of benzene rings is 2. The fraction of sp³-hybridized carbons (Fsp3) is 0.286. The Kier molecular flexibility index (Phi) is 8.50. The van der Waals surface area contributed by atoms with Gasteiger partial charge in [-0.2, -0.15) is 0 Å². The van der Waals surface area contributed by atoms with Crippen LogP contribution < -0.4 is 21.1 Å². The minimum absolute atomic E-state index is 0.0499. The fourth-order valence-electron chi connectivity index (χ4n) is 2.62. The Labute approximate surface area is 169 Å². The number of ether oxygens (including phenoxy) is 2. The first-order valence-electron chi connectivity index (χ1n) is 9.14. The minimum Gasteiger partial charge on any atom is -0.496 e. The molecule has 0 saturated heterocycles. The van der Waals surface area contributed by atoms with Gasteiger partial charge in [0.05, 0.1) is 7.11 Å². The molecule has 0 aliphatic heterocycles. The lowest BCUT2D eigenvalue weighted by Gasteiger charge is -2.18. The molecule has 0 saturated carbocycles. The molecule has 0 aromatic heterocycles. The summed E-state index contributed by atoms with van der Waals surface area (Å²) in [6, 6.07) is 15.4. The van der Waals surface area contributed by atoms with Crippen molar-refractivity contribution in [1.82, 2.24) is 10.6 Å². The largest absolute Gasteiger partial charge is 0.496 e. The van der Waals surface area contributed by atoms with Gasteiger partial charge in [0.2, 0.25) is 11.8 Å². The molecule has 2 aromatic rings. The van der Waals surface area contributed by atoms with Crippen molar-refractivity contribution >= 4 is 17.9 Å². The van der Waals surface area contributed by atoms with Gasteiger partial charge in [-0.25, -0.2) is 4.79 Å². The molecule has 0 unspecified atom stereocenters. The van der Waals surface area contributed by atoms with Crippen LogP contribution in [-0.2, 0) is 27.5 Å². The van der Waals surface area contributed by atoms with Gasteiger partial charge >= 0.3 is 6.09 Å². The number of methoxy groups -OCH3 is 1. The summed E-state index contributed by atoms with van der Waals surface area (Å²) in [4.78, 5) is 35.8. The monoisotopic (exact) mass is 399 g/mol. The number of amides is 3. The highest BCUT2D eigenvalue weighted by Gasteiger charge is 2.22. The lowest BCUT2D eigenvalue weighted by Crippen LogP contribution is -2.47. The zero-order valence-electron chi connectivity index (χ0n) is 16.2. The van der Waals surface area contributed by atoms with Crippen LogP contribution in [0.3, 0.4) is 0 Å². The first-order chi connectivity index (χ1) is 14.0. The first-order valence-corrected chi connectivity index (χ1v) is 9.14. The lowest BCUT2D eigenvalue weighted by atomic mass is 10.1. The molecule has 29 heavy (non-hydrogen) atoms. The topological polar surface area (TPSA) is 120 Å². The molecule has 3 amide bonds. The number of para-hydroxylation sites is 1. The van der Waals surface area contributed by atoms with Gasteiger partial charge in [-0.3, -0.25) is 9.59 Å². The Morgan fingerprint density at radius 1 is 1.03 bits per heavy atom. The minimum atomic E-state index is -0.958. The molecule has 4 N–H and O–H groups in total. The van der Waals surface area contributed by atoms with Gasteiger partial charge in [0, 0.05) is 18.5 Å². The normalized spacial score (nSPS) is 11.2. The van der Waals surface area contributed by atoms with Gasteiger partial charge in [0.25, 0.3) is 0 Å². The molecule has 8 heteroatoms. The summed E-state index contributed by atoms with van der Waals surface area (Å²) in [5, 5.41) is 5.23. The van der Waals surface area contributed by atoms with E-state index in [1.807, 2.05) is 48.5 Å². The van der Waals surface area contributed by atoms with Crippen molar-refractivity contribution in [1.29, 1.82) is 0 Å². The number of carbonyl (C=O) groups excluding carboxylic acids is 3. The van der Waals surface area contributed by atoms with E-state index < -0.39 is 23.9 Å². The summed E-state index contributed by atoms with van der Waals surface area (Å²) in [6.07, 6.45) is -0.741. The molecule has 0 fully saturated rings. The molecule has 2 rings (SSSR count). The SMILES string of the molecule is COc1ccccc1CNC(=O)[C@H](CCC(N)=O)NC(=O)OCc1ccccc1. The second-order valence-corrected chi connectivity index (χ2v) is 6.29. The average Bonchev–Trinajstić information content (AvgIpc) is 2.74. The Morgan fingerprint density at radius 3 is 2.41 bits per heavy atom. The summed E-state index contributed by atoms with van der Waals surface area (Å²) in [5.74, 6) is -0.377. The maximum Gasteiger partial charge on any atom is 0.408 e. The maximum atomic E-state index is 12.6. The van der Waals surface area contributed by atoms with Gasteiger partial charge in [0.1, 0.15) is 18.4 Å². The molecule has 2 aromatic carbocycles. The van der Waals surface area contributed by atoms with E-state index in [1.54, 1.807) is 13.2 Å². The number of nitrogens with one attached hydrogen (secondary N) is 2. The highest BCUT2D eigenvalue weighted by atomic mass is 16.5. The summed E-state index contributed by atoms with van der Waals surface area (Å²) in [5.41, 5.74) is 6.78. The van der Waals surface area contributed by atoms with Crippen LogP contribution in [0.25, 0.3) is 0 Å². The number of nitrogens with two attached hydrogens (primary N) is 1. The zero-order chi connectivity index (χ0) is 21.1. The van der Waals surface area contributed by atoms with Crippen molar-refractivity contribution in [2.24, 2.45) is 5.73 Å². The predicted molar refractivity (Wildman–Crippen MR) is 107 cm³/mol. The first kappa shape index (κ1) is 21.7. The van der Waals surface area contributed by atoms with Crippen molar-refractivity contribution in [2.45, 2.75) is 32.0 Å². The van der Waals surface area contributed by atoms with Crippen LogP contribution in [0.1, 0.15) is 24.0 Å². The number of alkyl carbamates (subject to hydrolysis) is 1. The van der Waals surface area contributed by atoms with Gasteiger partial charge in [-0.1, -0.05) is 48.5 Å². The predicted octanol–water partition coefficient (Wildman–Crippen LogP) is 1.87. The molecular formula is C21H25N3O5. The van der Waals surface area contributed by atoms with Crippen LogP contribution in [0, 0.1) is 0 Å². The van der Waals surface area contributed by atoms with Gasteiger partial charge < -0.3 is 25.8 Å². The van der Waals surface area contributed by atoms with Gasteiger partial charge in [-0.15, -0.1) is 0 Å². The Bertz CT molecular complexity index is 826. The number of rotatable bonds is 10. The van der Waals surface area contributed by atoms with Crippen LogP contribution in [0.2, 0.25) is 0 Å². The molecule has 0 aliphatic carbocycles. The van der Waals surface area contributed by atoms with E-state index in [2.05, 4.69) is 10.6 Å². The summed E-state index contributed by atoms with van der Waals surface area (Å²) in [6.45, 7) is 0.273. The standard InChI is InChI=1S/C21H25N3O5/c1-28-18-10-6-5-9-16(18)13-23-20(26)17(11-12-19(22)25)24-21(27)29-14-15-7-3-2-4-8-15/h2-10,17H,11-14H2,1H3,(H2,22,25)(H,23,26)(H,24,27)/t17-/m0/s1. The third-order valence-corrected chi connectivity index (χ3v) is 4.15. The summed E-state index contributed by atoms with van der Waals surface area (Å²) >= 11 is 0. The van der Waals surface area contributed by atoms with E-state index in [-0.39, 0.29) is 26.0 Å². The molecular weight excluding hydrogens is 374 g/mol. The van der Waals surface area contributed by atoms with Crippen molar-refractivity contribution in [3.63, 3.8) is 0 Å². The van der Waals surface area contributed by atoms with E-state index in [0.29, 0.717) is 5.75 Å². The second kappa shape index (κ2) is 11.3. The third-order valence-electron chi connectivity index (χ3n) is 4.15. The Morgan fingerprint density at radius 2 is 1.72 bits per heavy atom. The molecule has 1 atom stereocenters. The molecule has 0 bridgehead atoms. The number of carbonyl (C=O) groups is 3. The third kappa shape index (κ3) is 7.53. The molecule has 0 radical (unpaired) electrons. The van der Waals surface area contributed by atoms with Gasteiger partial charge in [0.15, 0.2) is 0 Å². The summed E-state index contributed by atoms with van der Waals surface area (Å²) < 4.78 is 10.4. The molecule has 0 spiro atoms. The molecule has 8 nitrogen and oxygen atoms in total. The zero-order valence-corrected chi connectivity index (χ0v) is 16.2. The second-order valence-electron chi connectivity index (χ2n) is 6.29. The van der Waals surface area contributed by atoms with Crippen molar-refractivity contribution in [3.8, 4) is 5.75 Å². The van der Waals surface area contributed by atoms with E-state index in [9.17, 15) is 14.4 Å². The fourth-order valence-corrected chi connectivity index (χ4v) is 2.62. The average molecular weight is 399 g/mol. The van der Waals surface area contributed by atoms with Crippen molar-refractivity contribution in [3.05, 3.63) is 65.7 Å².